The molecule has 26 heavy (non-hydrogen) atoms. The summed E-state index contributed by atoms with van der Waals surface area (Å²) in [6.07, 6.45) is -0.240. The summed E-state index contributed by atoms with van der Waals surface area (Å²) >= 11 is 0. The van der Waals surface area contributed by atoms with Gasteiger partial charge in [-0.2, -0.15) is 0 Å². The van der Waals surface area contributed by atoms with Gasteiger partial charge in [0.05, 0.1) is 17.9 Å². The summed E-state index contributed by atoms with van der Waals surface area (Å²) in [5.41, 5.74) is -0.0229. The molecule has 3 N–H and O–H groups in total. The van der Waals surface area contributed by atoms with E-state index < -0.39 is 29.5 Å². The minimum absolute atomic E-state index is 0.244. The number of carbonyl (C=O) groups excluding carboxylic acids is 3. The second-order valence-electron chi connectivity index (χ2n) is 7.53. The van der Waals surface area contributed by atoms with Gasteiger partial charge in [-0.15, -0.1) is 0 Å². The van der Waals surface area contributed by atoms with E-state index >= 15 is 0 Å². The molecule has 3 heterocycles. The average Bonchev–Trinajstić information content (AvgIpc) is 3.20. The summed E-state index contributed by atoms with van der Waals surface area (Å²) in [6.45, 7) is 5.32. The summed E-state index contributed by atoms with van der Waals surface area (Å²) in [7, 11) is 0. The Morgan fingerprint density at radius 3 is 2.54 bits per heavy atom. The highest BCUT2D eigenvalue weighted by Gasteiger charge is 2.71. The maximum Gasteiger partial charge on any atom is 0.250 e. The third-order valence-corrected chi connectivity index (χ3v) is 6.14. The zero-order valence-corrected chi connectivity index (χ0v) is 15.0. The van der Waals surface area contributed by atoms with Crippen LogP contribution in [-0.4, -0.2) is 45.9 Å². The van der Waals surface area contributed by atoms with Gasteiger partial charge in [0, 0.05) is 23.3 Å². The fraction of sp³-hybridized carbons (Fsp3) is 0.526. The Morgan fingerprint density at radius 1 is 1.19 bits per heavy atom. The van der Waals surface area contributed by atoms with E-state index in [2.05, 4.69) is 10.6 Å². The molecular weight excluding hydrogens is 334 g/mol. The smallest absolute Gasteiger partial charge is 0.250 e. The number of likely N-dealkylation sites (tertiary alicyclic amines) is 1. The Morgan fingerprint density at radius 2 is 1.88 bits per heavy atom. The lowest BCUT2D eigenvalue weighted by Gasteiger charge is -2.31. The number of anilines is 1. The molecule has 3 aliphatic rings. The molecule has 2 saturated heterocycles. The first-order valence-corrected chi connectivity index (χ1v) is 9.08. The van der Waals surface area contributed by atoms with Crippen LogP contribution in [0.4, 0.5) is 5.69 Å². The monoisotopic (exact) mass is 357 g/mol. The number of hydrogen-bond acceptors (Lipinski definition) is 5. The van der Waals surface area contributed by atoms with Crippen LogP contribution in [0.3, 0.4) is 0 Å². The maximum atomic E-state index is 13.3. The Balaban J connectivity index is 1.90. The van der Waals surface area contributed by atoms with Crippen LogP contribution in [0.15, 0.2) is 24.3 Å². The van der Waals surface area contributed by atoms with Crippen molar-refractivity contribution in [3.05, 3.63) is 29.8 Å². The number of benzene rings is 1. The van der Waals surface area contributed by atoms with Gasteiger partial charge in [-0.1, -0.05) is 25.1 Å². The lowest BCUT2D eigenvalue weighted by Crippen LogP contribution is -2.55. The van der Waals surface area contributed by atoms with Crippen LogP contribution < -0.4 is 10.6 Å². The average molecular weight is 357 g/mol. The maximum absolute atomic E-state index is 13.3. The second-order valence-corrected chi connectivity index (χ2v) is 7.53. The minimum Gasteiger partial charge on any atom is -0.392 e. The third-order valence-electron chi connectivity index (χ3n) is 6.14. The fourth-order valence-corrected chi connectivity index (χ4v) is 4.74. The number of aliphatic hydroxyl groups is 1. The molecule has 0 aliphatic carbocycles. The van der Waals surface area contributed by atoms with Gasteiger partial charge in [0.1, 0.15) is 5.54 Å². The van der Waals surface area contributed by atoms with Crippen molar-refractivity contribution in [3.8, 4) is 0 Å². The molecule has 0 saturated carbocycles. The lowest BCUT2D eigenvalue weighted by molar-refractivity contribution is -0.145. The number of aliphatic hydroxyl groups excluding tert-OH is 1. The summed E-state index contributed by atoms with van der Waals surface area (Å²) in [5, 5.41) is 16.3. The van der Waals surface area contributed by atoms with Crippen LogP contribution in [-0.2, 0) is 19.9 Å². The first-order valence-electron chi connectivity index (χ1n) is 9.08. The van der Waals surface area contributed by atoms with E-state index in [0.29, 0.717) is 17.7 Å². The molecule has 0 bridgehead atoms. The topological polar surface area (TPSA) is 98.7 Å². The highest BCUT2D eigenvalue weighted by atomic mass is 16.3. The number of fused-ring (bicyclic) bond motifs is 4. The fourth-order valence-electron chi connectivity index (χ4n) is 4.74. The third kappa shape index (κ3) is 1.92. The van der Waals surface area contributed by atoms with Crippen molar-refractivity contribution in [3.63, 3.8) is 0 Å². The van der Waals surface area contributed by atoms with Gasteiger partial charge >= 0.3 is 0 Å². The van der Waals surface area contributed by atoms with E-state index in [1.54, 1.807) is 25.1 Å². The van der Waals surface area contributed by atoms with Crippen LogP contribution in [0.5, 0.6) is 0 Å². The first-order chi connectivity index (χ1) is 12.3. The molecule has 0 aromatic heterocycles. The molecule has 7 heteroatoms. The highest BCUT2D eigenvalue weighted by molar-refractivity contribution is 6.15. The molecule has 3 aliphatic heterocycles. The van der Waals surface area contributed by atoms with Crippen molar-refractivity contribution in [1.82, 2.24) is 10.2 Å². The Hall–Kier alpha value is -2.25. The SMILES string of the molecule is CC[C@H](C)N1C(=O)[C@@H]2[C@@H]([C@H](C)O)N[C@@]3(C(=O)Nc4ccccc43)[C@@H]2C1=O. The van der Waals surface area contributed by atoms with E-state index in [0.717, 1.165) is 0 Å². The molecule has 1 aromatic rings. The van der Waals surface area contributed by atoms with Gasteiger partial charge < -0.3 is 10.4 Å². The van der Waals surface area contributed by atoms with E-state index in [4.69, 9.17) is 0 Å². The van der Waals surface area contributed by atoms with E-state index in [1.165, 1.54) is 4.90 Å². The van der Waals surface area contributed by atoms with Gasteiger partial charge in [0.25, 0.3) is 0 Å². The van der Waals surface area contributed by atoms with E-state index in [9.17, 15) is 19.5 Å². The molecule has 138 valence electrons. The summed E-state index contributed by atoms with van der Waals surface area (Å²) in [4.78, 5) is 40.7. The standard InChI is InChI=1S/C19H23N3O4/c1-4-9(2)22-16(24)13-14(17(22)25)19(21-15(13)10(3)23)11-7-5-6-8-12(11)20-18(19)26/h5-10,13-15,21,23H,4H2,1-3H3,(H,20,26)/t9-,10-,13-,14-,15+,19+/m0/s1. The first kappa shape index (κ1) is 17.2. The van der Waals surface area contributed by atoms with E-state index in [-0.39, 0.29) is 23.8 Å². The van der Waals surface area contributed by atoms with Gasteiger partial charge in [-0.3, -0.25) is 24.6 Å². The number of para-hydroxylation sites is 1. The predicted octanol–water partition coefficient (Wildman–Crippen LogP) is 0.586. The normalized spacial score (nSPS) is 34.8. The predicted molar refractivity (Wildman–Crippen MR) is 93.9 cm³/mol. The minimum atomic E-state index is -1.32. The molecule has 1 aromatic carbocycles. The zero-order chi connectivity index (χ0) is 18.8. The van der Waals surface area contributed by atoms with Crippen molar-refractivity contribution < 1.29 is 19.5 Å². The number of rotatable bonds is 3. The van der Waals surface area contributed by atoms with Crippen molar-refractivity contribution >= 4 is 23.4 Å². The van der Waals surface area contributed by atoms with Crippen LogP contribution >= 0.6 is 0 Å². The van der Waals surface area contributed by atoms with Gasteiger partial charge in [-0.05, 0) is 26.3 Å². The number of nitrogens with one attached hydrogen (secondary N) is 2. The quantitative estimate of drug-likeness (QED) is 0.688. The van der Waals surface area contributed by atoms with Crippen LogP contribution in [0.1, 0.15) is 32.8 Å². The number of carbonyl (C=O) groups is 3. The molecule has 0 radical (unpaired) electrons. The Bertz CT molecular complexity index is 808. The molecule has 1 spiro atoms. The molecular formula is C19H23N3O4. The Labute approximate surface area is 151 Å². The molecule has 2 fully saturated rings. The number of nitrogens with zero attached hydrogens (tertiary/aromatic N) is 1. The molecule has 0 unspecified atom stereocenters. The summed E-state index contributed by atoms with van der Waals surface area (Å²) < 4.78 is 0. The zero-order valence-electron chi connectivity index (χ0n) is 15.0. The van der Waals surface area contributed by atoms with Crippen LogP contribution in [0, 0.1) is 11.8 Å². The second kappa shape index (κ2) is 5.62. The molecule has 3 amide bonds. The largest absolute Gasteiger partial charge is 0.392 e. The van der Waals surface area contributed by atoms with Crippen LogP contribution in [0.2, 0.25) is 0 Å². The van der Waals surface area contributed by atoms with Crippen molar-refractivity contribution in [2.45, 2.75) is 50.9 Å². The van der Waals surface area contributed by atoms with Crippen molar-refractivity contribution in [2.75, 3.05) is 5.32 Å². The Kier molecular flexibility index (Phi) is 3.71. The summed E-state index contributed by atoms with van der Waals surface area (Å²) in [6, 6.07) is 6.28. The number of hydrogen-bond donors (Lipinski definition) is 3. The van der Waals surface area contributed by atoms with E-state index in [1.807, 2.05) is 19.9 Å². The van der Waals surface area contributed by atoms with Gasteiger partial charge in [0.2, 0.25) is 17.7 Å². The van der Waals surface area contributed by atoms with Gasteiger partial charge in [-0.25, -0.2) is 0 Å². The number of amides is 3. The molecule has 4 rings (SSSR count). The molecule has 6 atom stereocenters. The van der Waals surface area contributed by atoms with Crippen molar-refractivity contribution in [1.29, 1.82) is 0 Å². The molecule has 7 nitrogen and oxygen atoms in total. The lowest BCUT2D eigenvalue weighted by atomic mass is 9.76. The van der Waals surface area contributed by atoms with Crippen molar-refractivity contribution in [2.24, 2.45) is 11.8 Å². The van der Waals surface area contributed by atoms with Gasteiger partial charge in [0.15, 0.2) is 0 Å². The number of imide groups is 1. The van der Waals surface area contributed by atoms with Crippen LogP contribution in [0.25, 0.3) is 0 Å². The summed E-state index contributed by atoms with van der Waals surface area (Å²) in [5.74, 6) is -2.59. The highest BCUT2D eigenvalue weighted by Crippen LogP contribution is 2.53.